The number of carbonyl (C=O) groups is 1. The highest BCUT2D eigenvalue weighted by atomic mass is 32.1. The van der Waals surface area contributed by atoms with Gasteiger partial charge in [0.15, 0.2) is 28.2 Å². The lowest BCUT2D eigenvalue weighted by Gasteiger charge is -2.19. The Bertz CT molecular complexity index is 1550. The van der Waals surface area contributed by atoms with Gasteiger partial charge in [-0.05, 0) is 67.3 Å². The molecule has 0 aliphatic rings. The van der Waals surface area contributed by atoms with Crippen LogP contribution in [0.25, 0.3) is 10.9 Å². The first-order valence-electron chi connectivity index (χ1n) is 13.4. The maximum atomic E-state index is 15.1. The van der Waals surface area contributed by atoms with E-state index in [1.165, 1.54) is 36.4 Å². The number of fused-ring (bicyclic) bond motifs is 1. The van der Waals surface area contributed by atoms with Gasteiger partial charge in [0.2, 0.25) is 5.91 Å². The Morgan fingerprint density at radius 2 is 1.76 bits per heavy atom. The number of rotatable bonds is 12. The van der Waals surface area contributed by atoms with Crippen LogP contribution in [-0.4, -0.2) is 54.3 Å². The Morgan fingerprint density at radius 1 is 1.00 bits per heavy atom. The average Bonchev–Trinajstić information content (AvgIpc) is 2.98. The Morgan fingerprint density at radius 3 is 2.48 bits per heavy atom. The molecule has 0 bridgehead atoms. The molecular formula is C31H32F2N4O4S. The number of hydrogen-bond donors (Lipinski definition) is 2. The summed E-state index contributed by atoms with van der Waals surface area (Å²) in [5.41, 5.74) is 1.39. The number of aromatic nitrogens is 1. The summed E-state index contributed by atoms with van der Waals surface area (Å²) in [5, 5.41) is 5.91. The molecule has 11 heteroatoms. The number of nitrogens with zero attached hydrogens (tertiary/aromatic N) is 2. The average molecular weight is 595 g/mol. The molecule has 0 atom stereocenters. The molecule has 0 aliphatic heterocycles. The van der Waals surface area contributed by atoms with Gasteiger partial charge in [0, 0.05) is 24.2 Å². The number of benzene rings is 3. The summed E-state index contributed by atoms with van der Waals surface area (Å²) in [5.74, 6) is -0.233. The second kappa shape index (κ2) is 14.5. The molecule has 8 nitrogen and oxygen atoms in total. The molecule has 0 radical (unpaired) electrons. The Hall–Kier alpha value is -4.35. The van der Waals surface area contributed by atoms with Crippen LogP contribution < -0.4 is 24.8 Å². The number of anilines is 1. The van der Waals surface area contributed by atoms with Crippen molar-refractivity contribution in [2.75, 3.05) is 38.7 Å². The van der Waals surface area contributed by atoms with E-state index in [1.807, 2.05) is 0 Å². The number of thiocarbonyl (C=S) groups is 1. The fraction of sp³-hybridized carbons (Fsp3) is 0.258. The lowest BCUT2D eigenvalue weighted by molar-refractivity contribution is -0.119. The largest absolute Gasteiger partial charge is 0.493 e. The van der Waals surface area contributed by atoms with Crippen LogP contribution in [0.1, 0.15) is 19.4 Å². The predicted octanol–water partition coefficient (Wildman–Crippen LogP) is 6.09. The second-order valence-corrected chi connectivity index (χ2v) is 9.64. The van der Waals surface area contributed by atoms with E-state index in [0.717, 1.165) is 19.6 Å². The molecular weight excluding hydrogens is 562 g/mol. The SMILES string of the molecule is CCN(CC)CCOc1cc2nccc(Oc3c(F)cccc3NC(=S)NC(=O)Cc3ccc(F)cc3)c2cc1OC. The van der Waals surface area contributed by atoms with Crippen molar-refractivity contribution in [2.45, 2.75) is 20.3 Å². The van der Waals surface area contributed by atoms with E-state index in [2.05, 4.69) is 34.4 Å². The lowest BCUT2D eigenvalue weighted by Crippen LogP contribution is -2.35. The number of halogens is 2. The standard InChI is InChI=1S/C31H32F2N4O4S/c1-4-37(5-2)15-16-40-28-19-25-22(18-27(28)39-3)26(13-14-34-25)41-30-23(33)7-6-8-24(30)35-31(42)36-29(38)17-20-9-11-21(32)12-10-20/h6-14,18-19H,4-5,15-17H2,1-3H3,(H2,35,36,38,42). The van der Waals surface area contributed by atoms with Gasteiger partial charge in [-0.25, -0.2) is 8.78 Å². The van der Waals surface area contributed by atoms with Crippen molar-refractivity contribution in [1.82, 2.24) is 15.2 Å². The van der Waals surface area contributed by atoms with Crippen LogP contribution in [0.2, 0.25) is 0 Å². The Labute approximate surface area is 248 Å². The van der Waals surface area contributed by atoms with Crippen LogP contribution in [0.15, 0.2) is 66.9 Å². The minimum absolute atomic E-state index is 0.0133. The smallest absolute Gasteiger partial charge is 0.230 e. The summed E-state index contributed by atoms with van der Waals surface area (Å²) >= 11 is 5.28. The zero-order chi connectivity index (χ0) is 30.1. The molecule has 0 saturated heterocycles. The number of ether oxygens (including phenoxy) is 3. The fourth-order valence-electron chi connectivity index (χ4n) is 4.25. The highest BCUT2D eigenvalue weighted by molar-refractivity contribution is 7.80. The molecule has 0 spiro atoms. The summed E-state index contributed by atoms with van der Waals surface area (Å²) in [6.45, 7) is 7.30. The van der Waals surface area contributed by atoms with Crippen LogP contribution in [0.3, 0.4) is 0 Å². The third-order valence-electron chi connectivity index (χ3n) is 6.50. The highest BCUT2D eigenvalue weighted by Crippen LogP contribution is 2.39. The van der Waals surface area contributed by atoms with Gasteiger partial charge < -0.3 is 29.7 Å². The van der Waals surface area contributed by atoms with E-state index in [1.54, 1.807) is 37.6 Å². The minimum atomic E-state index is -0.645. The van der Waals surface area contributed by atoms with E-state index in [0.29, 0.717) is 40.3 Å². The van der Waals surface area contributed by atoms with Crippen LogP contribution in [0.5, 0.6) is 23.0 Å². The summed E-state index contributed by atoms with van der Waals surface area (Å²) < 4.78 is 45.8. The summed E-state index contributed by atoms with van der Waals surface area (Å²) in [7, 11) is 1.54. The highest BCUT2D eigenvalue weighted by Gasteiger charge is 2.17. The molecule has 0 unspecified atom stereocenters. The van der Waals surface area contributed by atoms with Gasteiger partial charge in [-0.1, -0.05) is 32.0 Å². The van der Waals surface area contributed by atoms with Gasteiger partial charge in [-0.3, -0.25) is 9.78 Å². The minimum Gasteiger partial charge on any atom is -0.493 e. The van der Waals surface area contributed by atoms with Crippen molar-refractivity contribution in [3.05, 3.63) is 84.1 Å². The van der Waals surface area contributed by atoms with E-state index in [4.69, 9.17) is 26.4 Å². The number of hydrogen-bond acceptors (Lipinski definition) is 7. The van der Waals surface area contributed by atoms with Gasteiger partial charge in [0.1, 0.15) is 18.2 Å². The molecule has 0 aliphatic carbocycles. The summed E-state index contributed by atoms with van der Waals surface area (Å²) in [6, 6.07) is 15.0. The van der Waals surface area contributed by atoms with Gasteiger partial charge in [0.05, 0.1) is 24.7 Å². The van der Waals surface area contributed by atoms with E-state index in [9.17, 15) is 9.18 Å². The normalized spacial score (nSPS) is 10.9. The quantitative estimate of drug-likeness (QED) is 0.191. The molecule has 1 amide bonds. The van der Waals surface area contributed by atoms with Gasteiger partial charge in [-0.2, -0.15) is 0 Å². The van der Waals surface area contributed by atoms with Crippen LogP contribution >= 0.6 is 12.2 Å². The molecule has 4 rings (SSSR count). The number of para-hydroxylation sites is 1. The molecule has 1 heterocycles. The topological polar surface area (TPSA) is 85.0 Å². The molecule has 220 valence electrons. The summed E-state index contributed by atoms with van der Waals surface area (Å²) in [6.07, 6.45) is 1.54. The monoisotopic (exact) mass is 594 g/mol. The Balaban J connectivity index is 1.51. The number of methoxy groups -OCH3 is 1. The Kier molecular flexibility index (Phi) is 10.6. The first kappa shape index (κ1) is 30.6. The van der Waals surface area contributed by atoms with Crippen molar-refractivity contribution in [2.24, 2.45) is 0 Å². The van der Waals surface area contributed by atoms with Crippen molar-refractivity contribution < 1.29 is 27.8 Å². The van der Waals surface area contributed by atoms with E-state index < -0.39 is 17.5 Å². The van der Waals surface area contributed by atoms with E-state index in [-0.39, 0.29) is 23.0 Å². The number of carbonyl (C=O) groups excluding carboxylic acids is 1. The molecule has 3 aromatic carbocycles. The number of amides is 1. The maximum absolute atomic E-state index is 15.1. The molecule has 0 fully saturated rings. The van der Waals surface area contributed by atoms with Crippen molar-refractivity contribution in [3.8, 4) is 23.0 Å². The number of pyridine rings is 1. The van der Waals surface area contributed by atoms with E-state index >= 15 is 4.39 Å². The fourth-order valence-corrected chi connectivity index (χ4v) is 4.47. The first-order chi connectivity index (χ1) is 20.3. The van der Waals surface area contributed by atoms with Crippen LogP contribution in [0.4, 0.5) is 14.5 Å². The van der Waals surface area contributed by atoms with Gasteiger partial charge in [0.25, 0.3) is 0 Å². The second-order valence-electron chi connectivity index (χ2n) is 9.23. The molecule has 0 saturated carbocycles. The van der Waals surface area contributed by atoms with Crippen LogP contribution in [-0.2, 0) is 11.2 Å². The van der Waals surface area contributed by atoms with Gasteiger partial charge in [-0.15, -0.1) is 0 Å². The molecule has 2 N–H and O–H groups in total. The zero-order valence-corrected chi connectivity index (χ0v) is 24.4. The predicted molar refractivity (Wildman–Crippen MR) is 163 cm³/mol. The third kappa shape index (κ3) is 7.89. The zero-order valence-electron chi connectivity index (χ0n) is 23.6. The van der Waals surface area contributed by atoms with Crippen molar-refractivity contribution in [3.63, 3.8) is 0 Å². The van der Waals surface area contributed by atoms with Gasteiger partial charge >= 0.3 is 0 Å². The molecule has 4 aromatic rings. The molecule has 1 aromatic heterocycles. The van der Waals surface area contributed by atoms with Crippen molar-refractivity contribution >= 4 is 39.8 Å². The molecule has 42 heavy (non-hydrogen) atoms. The number of likely N-dealkylation sites (N-methyl/N-ethyl adjacent to an activating group) is 1. The maximum Gasteiger partial charge on any atom is 0.230 e. The van der Waals surface area contributed by atoms with Crippen LogP contribution in [0, 0.1) is 11.6 Å². The number of nitrogens with one attached hydrogen (secondary N) is 2. The first-order valence-corrected chi connectivity index (χ1v) is 13.9. The third-order valence-corrected chi connectivity index (χ3v) is 6.71. The lowest BCUT2D eigenvalue weighted by atomic mass is 10.1. The van der Waals surface area contributed by atoms with Crippen molar-refractivity contribution in [1.29, 1.82) is 0 Å². The summed E-state index contributed by atoms with van der Waals surface area (Å²) in [4.78, 5) is 19.1.